The molecule has 0 spiro atoms. The minimum absolute atomic E-state index is 0.711. The second kappa shape index (κ2) is 5.16. The van der Waals surface area contributed by atoms with E-state index in [4.69, 9.17) is 4.74 Å². The van der Waals surface area contributed by atoms with Crippen LogP contribution in [0.3, 0.4) is 0 Å². The quantitative estimate of drug-likeness (QED) is 0.788. The molecule has 1 atom stereocenters. The first-order valence-corrected chi connectivity index (χ1v) is 7.81. The van der Waals surface area contributed by atoms with Crippen LogP contribution in [0, 0.1) is 5.92 Å². The van der Waals surface area contributed by atoms with Gasteiger partial charge in [0.05, 0.1) is 12.6 Å². The molecule has 114 valence electrons. The Balaban J connectivity index is 1.88. The van der Waals surface area contributed by atoms with Crippen molar-refractivity contribution in [3.05, 3.63) is 24.5 Å². The second-order valence-electron chi connectivity index (χ2n) is 6.15. The Morgan fingerprint density at radius 3 is 3.05 bits per heavy atom. The fourth-order valence-electron chi connectivity index (χ4n) is 3.41. The summed E-state index contributed by atoms with van der Waals surface area (Å²) in [4.78, 5) is 14.9. The topological polar surface area (TPSA) is 54.0 Å². The van der Waals surface area contributed by atoms with E-state index in [-0.39, 0.29) is 0 Å². The van der Waals surface area contributed by atoms with E-state index in [1.54, 1.807) is 13.4 Å². The number of nitrogens with zero attached hydrogens (tertiary/aromatic N) is 3. The van der Waals surface area contributed by atoms with Gasteiger partial charge in [-0.1, -0.05) is 6.92 Å². The lowest BCUT2D eigenvalue weighted by Crippen LogP contribution is -2.35. The van der Waals surface area contributed by atoms with Crippen LogP contribution in [0.4, 0.5) is 5.82 Å². The van der Waals surface area contributed by atoms with Crippen LogP contribution < -0.4 is 9.64 Å². The maximum atomic E-state index is 5.31. The molecule has 1 N–H and O–H groups in total. The first-order chi connectivity index (χ1) is 10.8. The molecule has 1 saturated heterocycles. The van der Waals surface area contributed by atoms with Gasteiger partial charge in [0, 0.05) is 24.5 Å². The van der Waals surface area contributed by atoms with E-state index < -0.39 is 0 Å². The van der Waals surface area contributed by atoms with Gasteiger partial charge < -0.3 is 14.6 Å². The van der Waals surface area contributed by atoms with Crippen molar-refractivity contribution in [1.29, 1.82) is 0 Å². The van der Waals surface area contributed by atoms with Crippen molar-refractivity contribution in [2.45, 2.75) is 19.8 Å². The minimum atomic E-state index is 0.711. The number of anilines is 1. The monoisotopic (exact) mass is 296 g/mol. The van der Waals surface area contributed by atoms with E-state index in [1.807, 2.05) is 12.1 Å². The molecule has 0 unspecified atom stereocenters. The fourth-order valence-corrected chi connectivity index (χ4v) is 3.41. The highest BCUT2D eigenvalue weighted by Crippen LogP contribution is 2.32. The average molecular weight is 296 g/mol. The van der Waals surface area contributed by atoms with Gasteiger partial charge in [-0.05, 0) is 30.9 Å². The molecule has 0 aliphatic carbocycles. The van der Waals surface area contributed by atoms with Crippen LogP contribution in [0.25, 0.3) is 21.9 Å². The number of ether oxygens (including phenoxy) is 1. The maximum Gasteiger partial charge on any atom is 0.156 e. The number of piperidine rings is 1. The zero-order valence-electron chi connectivity index (χ0n) is 13.0. The largest absolute Gasteiger partial charge is 0.497 e. The predicted molar refractivity (Wildman–Crippen MR) is 88.6 cm³/mol. The molecule has 0 saturated carbocycles. The van der Waals surface area contributed by atoms with E-state index >= 15 is 0 Å². The molecule has 5 heteroatoms. The van der Waals surface area contributed by atoms with E-state index in [9.17, 15) is 0 Å². The summed E-state index contributed by atoms with van der Waals surface area (Å²) >= 11 is 0. The van der Waals surface area contributed by atoms with Crippen LogP contribution in [0.15, 0.2) is 24.5 Å². The molecule has 3 heterocycles. The number of aromatic nitrogens is 3. The fraction of sp³-hybridized carbons (Fsp3) is 0.412. The molecule has 0 bridgehead atoms. The number of fused-ring (bicyclic) bond motifs is 3. The molecule has 4 rings (SSSR count). The van der Waals surface area contributed by atoms with Crippen LogP contribution in [-0.4, -0.2) is 35.2 Å². The van der Waals surface area contributed by atoms with Crippen LogP contribution in [0.1, 0.15) is 19.8 Å². The Morgan fingerprint density at radius 2 is 2.23 bits per heavy atom. The standard InChI is InChI=1S/C17H20N4O/c1-11-4-3-7-21(9-11)17-16-15(18-10-19-17)13-6-5-12(22-2)8-14(13)20-16/h5-6,8,10-11,20H,3-4,7,9H2,1-2H3/t11-/m0/s1. The molecule has 0 radical (unpaired) electrons. The molecule has 1 aromatic carbocycles. The Kier molecular flexibility index (Phi) is 3.13. The highest BCUT2D eigenvalue weighted by atomic mass is 16.5. The van der Waals surface area contributed by atoms with Gasteiger partial charge in [-0.15, -0.1) is 0 Å². The summed E-state index contributed by atoms with van der Waals surface area (Å²) in [5, 5.41) is 1.12. The van der Waals surface area contributed by atoms with Crippen molar-refractivity contribution >= 4 is 27.8 Å². The summed E-state index contributed by atoms with van der Waals surface area (Å²) < 4.78 is 5.31. The lowest BCUT2D eigenvalue weighted by molar-refractivity contribution is 0.415. The van der Waals surface area contributed by atoms with Gasteiger partial charge in [0.1, 0.15) is 23.1 Å². The number of hydrogen-bond acceptors (Lipinski definition) is 4. The lowest BCUT2D eigenvalue weighted by atomic mass is 10.0. The van der Waals surface area contributed by atoms with Crippen molar-refractivity contribution in [2.24, 2.45) is 5.92 Å². The summed E-state index contributed by atoms with van der Waals surface area (Å²) in [6.07, 6.45) is 4.20. The average Bonchev–Trinajstić information content (AvgIpc) is 2.92. The van der Waals surface area contributed by atoms with Crippen molar-refractivity contribution in [2.75, 3.05) is 25.1 Å². The van der Waals surface area contributed by atoms with Gasteiger partial charge in [-0.3, -0.25) is 0 Å². The van der Waals surface area contributed by atoms with Gasteiger partial charge in [0.25, 0.3) is 0 Å². The van der Waals surface area contributed by atoms with Crippen molar-refractivity contribution in [1.82, 2.24) is 15.0 Å². The molecular formula is C17H20N4O. The van der Waals surface area contributed by atoms with Gasteiger partial charge in [0.2, 0.25) is 0 Å². The number of rotatable bonds is 2. The summed E-state index contributed by atoms with van der Waals surface area (Å²) in [6, 6.07) is 6.04. The first kappa shape index (κ1) is 13.4. The number of benzene rings is 1. The summed E-state index contributed by atoms with van der Waals surface area (Å²) in [6.45, 7) is 4.43. The van der Waals surface area contributed by atoms with E-state index in [0.717, 1.165) is 46.6 Å². The lowest BCUT2D eigenvalue weighted by Gasteiger charge is -2.31. The van der Waals surface area contributed by atoms with Gasteiger partial charge in [-0.25, -0.2) is 9.97 Å². The predicted octanol–water partition coefficient (Wildman–Crippen LogP) is 3.36. The number of nitrogens with one attached hydrogen (secondary N) is 1. The Labute approximate surface area is 129 Å². The maximum absolute atomic E-state index is 5.31. The smallest absolute Gasteiger partial charge is 0.156 e. The van der Waals surface area contributed by atoms with Crippen molar-refractivity contribution < 1.29 is 4.74 Å². The molecule has 0 amide bonds. The molecule has 1 aliphatic rings. The SMILES string of the molecule is COc1ccc2c(c1)[nH]c1c(N3CCC[C@H](C)C3)ncnc12. The number of methoxy groups -OCH3 is 1. The van der Waals surface area contributed by atoms with Crippen molar-refractivity contribution in [3.8, 4) is 5.75 Å². The Morgan fingerprint density at radius 1 is 1.32 bits per heavy atom. The molecular weight excluding hydrogens is 276 g/mol. The molecule has 3 aromatic rings. The number of H-pyrrole nitrogens is 1. The first-order valence-electron chi connectivity index (χ1n) is 7.81. The van der Waals surface area contributed by atoms with Crippen molar-refractivity contribution in [3.63, 3.8) is 0 Å². The second-order valence-corrected chi connectivity index (χ2v) is 6.15. The van der Waals surface area contributed by atoms with Crippen LogP contribution in [0.5, 0.6) is 5.75 Å². The van der Waals surface area contributed by atoms with Gasteiger partial charge in [-0.2, -0.15) is 0 Å². The highest BCUT2D eigenvalue weighted by Gasteiger charge is 2.21. The van der Waals surface area contributed by atoms with E-state index in [0.29, 0.717) is 5.92 Å². The highest BCUT2D eigenvalue weighted by molar-refractivity contribution is 6.08. The number of hydrogen-bond donors (Lipinski definition) is 1. The zero-order chi connectivity index (χ0) is 15.1. The Hall–Kier alpha value is -2.30. The molecule has 1 fully saturated rings. The summed E-state index contributed by atoms with van der Waals surface area (Å²) in [7, 11) is 1.68. The summed E-state index contributed by atoms with van der Waals surface area (Å²) in [5.74, 6) is 2.58. The number of aromatic amines is 1. The molecule has 2 aromatic heterocycles. The summed E-state index contributed by atoms with van der Waals surface area (Å²) in [5.41, 5.74) is 3.06. The molecule has 1 aliphatic heterocycles. The normalized spacial score (nSPS) is 19.0. The third-order valence-electron chi connectivity index (χ3n) is 4.53. The van der Waals surface area contributed by atoms with E-state index in [2.05, 4.69) is 32.8 Å². The zero-order valence-corrected chi connectivity index (χ0v) is 13.0. The molecule has 22 heavy (non-hydrogen) atoms. The third-order valence-corrected chi connectivity index (χ3v) is 4.53. The van der Waals surface area contributed by atoms with Crippen LogP contribution in [-0.2, 0) is 0 Å². The van der Waals surface area contributed by atoms with Gasteiger partial charge >= 0.3 is 0 Å². The van der Waals surface area contributed by atoms with Crippen LogP contribution in [0.2, 0.25) is 0 Å². The molecule has 5 nitrogen and oxygen atoms in total. The van der Waals surface area contributed by atoms with E-state index in [1.165, 1.54) is 12.8 Å². The third kappa shape index (κ3) is 2.08. The van der Waals surface area contributed by atoms with Crippen LogP contribution >= 0.6 is 0 Å². The minimum Gasteiger partial charge on any atom is -0.497 e. The van der Waals surface area contributed by atoms with Gasteiger partial charge in [0.15, 0.2) is 5.82 Å². The Bertz CT molecular complexity index is 826.